The van der Waals surface area contributed by atoms with Gasteiger partial charge in [0.1, 0.15) is 0 Å². The molecule has 2 heterocycles. The molecule has 1 atom stereocenters. The Hall–Kier alpha value is -0.260. The molecule has 2 aliphatic heterocycles. The molecule has 2 aliphatic rings. The van der Waals surface area contributed by atoms with Gasteiger partial charge >= 0.3 is 0 Å². The molecule has 0 aromatic carbocycles. The smallest absolute Gasteiger partial charge is 0.238 e. The van der Waals surface area contributed by atoms with Gasteiger partial charge in [0, 0.05) is 37.8 Å². The van der Waals surface area contributed by atoms with Crippen LogP contribution in [0.25, 0.3) is 0 Å². The van der Waals surface area contributed by atoms with Crippen molar-refractivity contribution in [3.63, 3.8) is 0 Å². The second-order valence-corrected chi connectivity index (χ2v) is 6.37. The lowest BCUT2D eigenvalue weighted by Gasteiger charge is -2.34. The molecule has 98 valence electrons. The van der Waals surface area contributed by atoms with Crippen molar-refractivity contribution < 1.29 is 9.53 Å². The van der Waals surface area contributed by atoms with Gasteiger partial charge in [-0.1, -0.05) is 6.92 Å². The molecule has 0 saturated carbocycles. The van der Waals surface area contributed by atoms with Crippen molar-refractivity contribution in [3.8, 4) is 0 Å². The largest absolute Gasteiger partial charge is 0.381 e. The molecule has 0 aromatic heterocycles. The maximum atomic E-state index is 12.0. The normalized spacial score (nSPS) is 28.6. The lowest BCUT2D eigenvalue weighted by Crippen LogP contribution is -2.51. The van der Waals surface area contributed by atoms with Crippen LogP contribution in [0.2, 0.25) is 0 Å². The van der Waals surface area contributed by atoms with Crippen LogP contribution in [-0.2, 0) is 9.53 Å². The standard InChI is InChI=1S/C12H22N2O2S/c1-12(2-5-16-6-3-12)9-14-11(15)10-8-17-7-4-13-10/h10,13H,2-9H2,1H3,(H,14,15). The summed E-state index contributed by atoms with van der Waals surface area (Å²) in [6.07, 6.45) is 2.08. The quantitative estimate of drug-likeness (QED) is 0.779. The summed E-state index contributed by atoms with van der Waals surface area (Å²) in [6.45, 7) is 5.60. The van der Waals surface area contributed by atoms with E-state index in [4.69, 9.17) is 4.74 Å². The molecule has 2 fully saturated rings. The Kier molecular flexibility index (Phi) is 4.70. The number of amides is 1. The molecule has 1 amide bonds. The summed E-state index contributed by atoms with van der Waals surface area (Å²) >= 11 is 1.85. The number of nitrogens with one attached hydrogen (secondary N) is 2. The minimum absolute atomic E-state index is 0.00260. The van der Waals surface area contributed by atoms with E-state index in [1.54, 1.807) is 0 Å². The Balaban J connectivity index is 1.74. The van der Waals surface area contributed by atoms with E-state index in [9.17, 15) is 4.79 Å². The fraction of sp³-hybridized carbons (Fsp3) is 0.917. The van der Waals surface area contributed by atoms with E-state index in [0.717, 1.165) is 50.7 Å². The molecule has 2 rings (SSSR count). The van der Waals surface area contributed by atoms with Gasteiger partial charge in [0.05, 0.1) is 6.04 Å². The van der Waals surface area contributed by atoms with Gasteiger partial charge in [-0.3, -0.25) is 4.79 Å². The Morgan fingerprint density at radius 2 is 2.29 bits per heavy atom. The van der Waals surface area contributed by atoms with Crippen LogP contribution in [0.4, 0.5) is 0 Å². The zero-order valence-electron chi connectivity index (χ0n) is 10.5. The van der Waals surface area contributed by atoms with Gasteiger partial charge < -0.3 is 15.4 Å². The number of ether oxygens (including phenoxy) is 1. The molecule has 0 bridgehead atoms. The van der Waals surface area contributed by atoms with Crippen molar-refractivity contribution in [2.75, 3.05) is 37.8 Å². The van der Waals surface area contributed by atoms with Gasteiger partial charge in [0.15, 0.2) is 0 Å². The van der Waals surface area contributed by atoms with Crippen LogP contribution in [0.5, 0.6) is 0 Å². The second-order valence-electron chi connectivity index (χ2n) is 5.22. The van der Waals surface area contributed by atoms with Gasteiger partial charge in [-0.2, -0.15) is 11.8 Å². The van der Waals surface area contributed by atoms with Crippen LogP contribution in [0.3, 0.4) is 0 Å². The highest BCUT2D eigenvalue weighted by Crippen LogP contribution is 2.28. The maximum absolute atomic E-state index is 12.0. The van der Waals surface area contributed by atoms with Crippen molar-refractivity contribution in [1.29, 1.82) is 0 Å². The van der Waals surface area contributed by atoms with Crippen LogP contribution in [0.1, 0.15) is 19.8 Å². The highest BCUT2D eigenvalue weighted by molar-refractivity contribution is 7.99. The zero-order chi connectivity index (χ0) is 12.1. The maximum Gasteiger partial charge on any atom is 0.238 e. The van der Waals surface area contributed by atoms with Crippen LogP contribution in [0.15, 0.2) is 0 Å². The number of thioether (sulfide) groups is 1. The number of carbonyl (C=O) groups is 1. The summed E-state index contributed by atoms with van der Waals surface area (Å²) in [5.41, 5.74) is 0.218. The lowest BCUT2D eigenvalue weighted by atomic mass is 9.82. The number of carbonyl (C=O) groups excluding carboxylic acids is 1. The van der Waals surface area contributed by atoms with Gasteiger partial charge in [-0.05, 0) is 18.3 Å². The molecule has 0 aliphatic carbocycles. The Morgan fingerprint density at radius 1 is 1.53 bits per heavy atom. The number of rotatable bonds is 3. The Bertz CT molecular complexity index is 261. The van der Waals surface area contributed by atoms with E-state index >= 15 is 0 Å². The van der Waals surface area contributed by atoms with E-state index in [2.05, 4.69) is 17.6 Å². The van der Waals surface area contributed by atoms with Gasteiger partial charge in [0.2, 0.25) is 5.91 Å². The third-order valence-electron chi connectivity index (χ3n) is 3.63. The zero-order valence-corrected chi connectivity index (χ0v) is 11.3. The first-order valence-corrected chi connectivity index (χ1v) is 7.52. The molecule has 5 heteroatoms. The predicted molar refractivity (Wildman–Crippen MR) is 70.3 cm³/mol. The minimum atomic E-state index is -0.00260. The lowest BCUT2D eigenvalue weighted by molar-refractivity contribution is -0.123. The summed E-state index contributed by atoms with van der Waals surface area (Å²) < 4.78 is 5.36. The van der Waals surface area contributed by atoms with Crippen molar-refractivity contribution in [1.82, 2.24) is 10.6 Å². The van der Waals surface area contributed by atoms with Gasteiger partial charge in [-0.15, -0.1) is 0 Å². The van der Waals surface area contributed by atoms with Crippen LogP contribution < -0.4 is 10.6 Å². The molecule has 2 saturated heterocycles. The third kappa shape index (κ3) is 3.86. The first-order chi connectivity index (χ1) is 8.20. The summed E-state index contributed by atoms with van der Waals surface area (Å²) in [4.78, 5) is 12.0. The van der Waals surface area contributed by atoms with E-state index in [1.807, 2.05) is 11.8 Å². The molecular formula is C12H22N2O2S. The van der Waals surface area contributed by atoms with Crippen LogP contribution in [0, 0.1) is 5.41 Å². The molecule has 0 radical (unpaired) electrons. The van der Waals surface area contributed by atoms with Crippen molar-refractivity contribution in [3.05, 3.63) is 0 Å². The first-order valence-electron chi connectivity index (χ1n) is 6.36. The number of hydrogen-bond acceptors (Lipinski definition) is 4. The molecule has 0 spiro atoms. The fourth-order valence-corrected chi connectivity index (χ4v) is 3.13. The topological polar surface area (TPSA) is 50.4 Å². The summed E-state index contributed by atoms with van der Waals surface area (Å²) in [7, 11) is 0. The predicted octanol–water partition coefficient (Wildman–Crippen LogP) is 0.624. The van der Waals surface area contributed by atoms with Gasteiger partial charge in [0.25, 0.3) is 0 Å². The van der Waals surface area contributed by atoms with E-state index < -0.39 is 0 Å². The molecule has 4 nitrogen and oxygen atoms in total. The number of hydrogen-bond donors (Lipinski definition) is 2. The summed E-state index contributed by atoms with van der Waals surface area (Å²) in [6, 6.07) is -0.00260. The molecule has 17 heavy (non-hydrogen) atoms. The molecule has 0 aromatic rings. The van der Waals surface area contributed by atoms with Crippen LogP contribution in [-0.4, -0.2) is 49.8 Å². The second kappa shape index (κ2) is 6.07. The highest BCUT2D eigenvalue weighted by Gasteiger charge is 2.29. The van der Waals surface area contributed by atoms with E-state index in [0.29, 0.717) is 0 Å². The average molecular weight is 258 g/mol. The Labute approximate surface area is 107 Å². The Morgan fingerprint density at radius 3 is 2.94 bits per heavy atom. The molecule has 2 N–H and O–H groups in total. The van der Waals surface area contributed by atoms with E-state index in [1.165, 1.54) is 0 Å². The van der Waals surface area contributed by atoms with Crippen molar-refractivity contribution in [2.24, 2.45) is 5.41 Å². The minimum Gasteiger partial charge on any atom is -0.381 e. The fourth-order valence-electron chi connectivity index (χ4n) is 2.20. The van der Waals surface area contributed by atoms with E-state index in [-0.39, 0.29) is 17.4 Å². The van der Waals surface area contributed by atoms with Crippen molar-refractivity contribution >= 4 is 17.7 Å². The van der Waals surface area contributed by atoms with Gasteiger partial charge in [-0.25, -0.2) is 0 Å². The summed E-state index contributed by atoms with van der Waals surface area (Å²) in [5.74, 6) is 2.16. The molecule has 1 unspecified atom stereocenters. The highest BCUT2D eigenvalue weighted by atomic mass is 32.2. The average Bonchev–Trinajstić information content (AvgIpc) is 2.38. The third-order valence-corrected chi connectivity index (χ3v) is 4.69. The first kappa shape index (κ1) is 13.2. The monoisotopic (exact) mass is 258 g/mol. The van der Waals surface area contributed by atoms with Crippen molar-refractivity contribution in [2.45, 2.75) is 25.8 Å². The SMILES string of the molecule is CC1(CNC(=O)C2CSCCN2)CCOCC1. The molecular weight excluding hydrogens is 236 g/mol. The van der Waals surface area contributed by atoms with Crippen LogP contribution >= 0.6 is 11.8 Å². The summed E-state index contributed by atoms with van der Waals surface area (Å²) in [5, 5.41) is 6.35.